The predicted molar refractivity (Wildman–Crippen MR) is 42.3 cm³/mol. The van der Waals surface area contributed by atoms with Crippen LogP contribution in [0, 0.1) is 0 Å². The minimum absolute atomic E-state index is 0.785. The van der Waals surface area contributed by atoms with Crippen molar-refractivity contribution in [3.8, 4) is 0 Å². The maximum atomic E-state index is 4.06. The van der Waals surface area contributed by atoms with Crippen molar-refractivity contribution < 1.29 is 0 Å². The maximum absolute atomic E-state index is 4.06. The molecule has 0 aromatic rings. The van der Waals surface area contributed by atoms with Crippen LogP contribution in [-0.2, 0) is 0 Å². The number of nitrogens with zero attached hydrogens (tertiary/aromatic N) is 2. The minimum Gasteiger partial charge on any atom is -0.274 e. The van der Waals surface area contributed by atoms with Gasteiger partial charge in [-0.05, 0) is 19.9 Å². The summed E-state index contributed by atoms with van der Waals surface area (Å²) < 4.78 is 0. The summed E-state index contributed by atoms with van der Waals surface area (Å²) in [4.78, 5) is 7.92. The van der Waals surface area contributed by atoms with Crippen molar-refractivity contribution in [3.63, 3.8) is 0 Å². The number of allylic oxidation sites excluding steroid dienone is 1. The molecule has 0 aromatic carbocycles. The predicted octanol–water partition coefficient (Wildman–Crippen LogP) is 1.68. The molecule has 0 heterocycles. The SMILES string of the molecule is C=CC(C)=NC(C)=NC. The summed E-state index contributed by atoms with van der Waals surface area (Å²) in [5.74, 6) is 0.785. The minimum atomic E-state index is 0.785. The standard InChI is InChI=1S/C7H12N2/c1-5-6(2)9-7(3)8-4/h5H,1H2,2-4H3. The van der Waals surface area contributed by atoms with Gasteiger partial charge in [0, 0.05) is 12.8 Å². The van der Waals surface area contributed by atoms with Crippen LogP contribution in [-0.4, -0.2) is 18.6 Å². The highest BCUT2D eigenvalue weighted by molar-refractivity contribution is 6.01. The fourth-order valence-corrected chi connectivity index (χ4v) is 0.351. The van der Waals surface area contributed by atoms with E-state index in [1.165, 1.54) is 0 Å². The number of hydrogen-bond donors (Lipinski definition) is 0. The first kappa shape index (κ1) is 8.08. The lowest BCUT2D eigenvalue weighted by Gasteiger charge is -1.89. The highest BCUT2D eigenvalue weighted by Crippen LogP contribution is 1.81. The third kappa shape index (κ3) is 3.64. The number of hydrogen-bond acceptors (Lipinski definition) is 1. The van der Waals surface area contributed by atoms with E-state index in [1.54, 1.807) is 13.1 Å². The molecule has 2 nitrogen and oxygen atoms in total. The van der Waals surface area contributed by atoms with E-state index in [9.17, 15) is 0 Å². The second-order valence-electron chi connectivity index (χ2n) is 1.73. The first-order chi connectivity index (χ1) is 4.20. The molecule has 0 amide bonds. The first-order valence-electron chi connectivity index (χ1n) is 2.81. The summed E-state index contributed by atoms with van der Waals surface area (Å²) in [6.45, 7) is 7.31. The van der Waals surface area contributed by atoms with Crippen LogP contribution < -0.4 is 0 Å². The van der Waals surface area contributed by atoms with Gasteiger partial charge in [0.2, 0.25) is 0 Å². The molecule has 0 unspecified atom stereocenters. The van der Waals surface area contributed by atoms with Crippen molar-refractivity contribution in [1.82, 2.24) is 0 Å². The lowest BCUT2D eigenvalue weighted by molar-refractivity contribution is 1.38. The van der Waals surface area contributed by atoms with Gasteiger partial charge >= 0.3 is 0 Å². The molecular formula is C7H12N2. The van der Waals surface area contributed by atoms with Gasteiger partial charge in [-0.3, -0.25) is 4.99 Å². The third-order valence-corrected chi connectivity index (χ3v) is 0.957. The Balaban J connectivity index is 4.11. The van der Waals surface area contributed by atoms with E-state index in [-0.39, 0.29) is 0 Å². The van der Waals surface area contributed by atoms with Crippen LogP contribution in [0.4, 0.5) is 0 Å². The summed E-state index contributed by atoms with van der Waals surface area (Å²) in [6, 6.07) is 0. The molecule has 0 aliphatic carbocycles. The van der Waals surface area contributed by atoms with Crippen molar-refractivity contribution in [2.75, 3.05) is 7.05 Å². The zero-order valence-electron chi connectivity index (χ0n) is 6.18. The van der Waals surface area contributed by atoms with E-state index < -0.39 is 0 Å². The Kier molecular flexibility index (Phi) is 3.60. The van der Waals surface area contributed by atoms with Gasteiger partial charge in [0.1, 0.15) is 5.84 Å². The van der Waals surface area contributed by atoms with Gasteiger partial charge in [0.15, 0.2) is 0 Å². The monoisotopic (exact) mass is 124 g/mol. The van der Waals surface area contributed by atoms with Crippen LogP contribution in [0.5, 0.6) is 0 Å². The molecule has 0 saturated heterocycles. The van der Waals surface area contributed by atoms with Crippen LogP contribution in [0.1, 0.15) is 13.8 Å². The molecule has 0 spiro atoms. The van der Waals surface area contributed by atoms with Gasteiger partial charge in [0.25, 0.3) is 0 Å². The number of amidine groups is 1. The van der Waals surface area contributed by atoms with Crippen molar-refractivity contribution in [3.05, 3.63) is 12.7 Å². The van der Waals surface area contributed by atoms with Crippen LogP contribution in [0.25, 0.3) is 0 Å². The lowest BCUT2D eigenvalue weighted by atomic mass is 10.4. The van der Waals surface area contributed by atoms with Crippen LogP contribution in [0.15, 0.2) is 22.6 Å². The molecule has 0 bridgehead atoms. The zero-order valence-corrected chi connectivity index (χ0v) is 6.18. The molecular weight excluding hydrogens is 112 g/mol. The lowest BCUT2D eigenvalue weighted by Crippen LogP contribution is -1.90. The molecule has 0 aromatic heterocycles. The Labute approximate surface area is 56.0 Å². The molecule has 0 fully saturated rings. The fourth-order valence-electron chi connectivity index (χ4n) is 0.351. The second-order valence-corrected chi connectivity index (χ2v) is 1.73. The van der Waals surface area contributed by atoms with Gasteiger partial charge in [-0.2, -0.15) is 0 Å². The molecule has 9 heavy (non-hydrogen) atoms. The molecule has 0 atom stereocenters. The average molecular weight is 124 g/mol. The highest BCUT2D eigenvalue weighted by Gasteiger charge is 1.82. The summed E-state index contributed by atoms with van der Waals surface area (Å²) >= 11 is 0. The molecule has 0 radical (unpaired) electrons. The van der Waals surface area contributed by atoms with E-state index in [4.69, 9.17) is 0 Å². The quantitative estimate of drug-likeness (QED) is 0.375. The van der Waals surface area contributed by atoms with Crippen molar-refractivity contribution in [1.29, 1.82) is 0 Å². The number of aliphatic imine (C=N–C) groups is 2. The number of rotatable bonds is 1. The molecule has 0 N–H and O–H groups in total. The van der Waals surface area contributed by atoms with E-state index in [2.05, 4.69) is 16.6 Å². The van der Waals surface area contributed by atoms with Crippen LogP contribution in [0.2, 0.25) is 0 Å². The highest BCUT2D eigenvalue weighted by atomic mass is 14.9. The van der Waals surface area contributed by atoms with Gasteiger partial charge in [-0.25, -0.2) is 4.99 Å². The largest absolute Gasteiger partial charge is 0.274 e. The maximum Gasteiger partial charge on any atom is 0.120 e. The summed E-state index contributed by atoms with van der Waals surface area (Å²) in [5, 5.41) is 0. The molecule has 0 aliphatic rings. The smallest absolute Gasteiger partial charge is 0.120 e. The Morgan fingerprint density at radius 1 is 1.44 bits per heavy atom. The fraction of sp³-hybridized carbons (Fsp3) is 0.429. The van der Waals surface area contributed by atoms with E-state index in [1.807, 2.05) is 13.8 Å². The van der Waals surface area contributed by atoms with Gasteiger partial charge < -0.3 is 0 Å². The van der Waals surface area contributed by atoms with Crippen molar-refractivity contribution >= 4 is 11.5 Å². The third-order valence-electron chi connectivity index (χ3n) is 0.957. The first-order valence-corrected chi connectivity index (χ1v) is 2.81. The molecule has 2 heteroatoms. The van der Waals surface area contributed by atoms with Gasteiger partial charge in [-0.15, -0.1) is 0 Å². The van der Waals surface area contributed by atoms with Crippen LogP contribution in [0.3, 0.4) is 0 Å². The van der Waals surface area contributed by atoms with Crippen LogP contribution >= 0.6 is 0 Å². The van der Waals surface area contributed by atoms with E-state index in [0.717, 1.165) is 11.5 Å². The molecule has 0 rings (SSSR count). The van der Waals surface area contributed by atoms with Gasteiger partial charge in [-0.1, -0.05) is 6.58 Å². The van der Waals surface area contributed by atoms with Gasteiger partial charge in [0.05, 0.1) is 0 Å². The average Bonchev–Trinajstić information content (AvgIpc) is 1.87. The van der Waals surface area contributed by atoms with Crippen molar-refractivity contribution in [2.24, 2.45) is 9.98 Å². The Morgan fingerprint density at radius 2 is 2.00 bits per heavy atom. The topological polar surface area (TPSA) is 24.7 Å². The Bertz CT molecular complexity index is 154. The Hall–Kier alpha value is -0.920. The summed E-state index contributed by atoms with van der Waals surface area (Å²) in [5.41, 5.74) is 0.901. The van der Waals surface area contributed by atoms with E-state index in [0.29, 0.717) is 0 Å². The summed E-state index contributed by atoms with van der Waals surface area (Å²) in [7, 11) is 1.72. The normalized spacial score (nSPS) is 13.7. The Morgan fingerprint density at radius 3 is 2.33 bits per heavy atom. The molecule has 50 valence electrons. The second kappa shape index (κ2) is 4.01. The van der Waals surface area contributed by atoms with E-state index >= 15 is 0 Å². The molecule has 0 aliphatic heterocycles. The van der Waals surface area contributed by atoms with Crippen molar-refractivity contribution in [2.45, 2.75) is 13.8 Å². The molecule has 0 saturated carbocycles. The zero-order chi connectivity index (χ0) is 7.28. The summed E-state index contributed by atoms with van der Waals surface area (Å²) in [6.07, 6.45) is 1.70.